The van der Waals surface area contributed by atoms with Gasteiger partial charge in [0.2, 0.25) is 0 Å². The van der Waals surface area contributed by atoms with E-state index in [9.17, 15) is 13.2 Å². The Bertz CT molecular complexity index is 914. The molecule has 25 heavy (non-hydrogen) atoms. The van der Waals surface area contributed by atoms with Gasteiger partial charge in [-0.05, 0) is 36.9 Å². The standard InChI is InChI=1S/C17H18N2O4S2/c1-11-3-5-13(6-4-11)25(21,22)19-18-15-9-12(17(20)23-2)10-16-14(15)7-8-24-16/h3-8,12,19H,9-10H2,1-2H3/b18-15-/t12-/m1/s1. The number of benzene rings is 1. The number of hydrazone groups is 1. The molecule has 0 unspecified atom stereocenters. The molecule has 1 heterocycles. The third-order valence-electron chi connectivity index (χ3n) is 4.09. The van der Waals surface area contributed by atoms with Crippen LogP contribution in [0.5, 0.6) is 0 Å². The minimum atomic E-state index is -3.76. The number of carbonyl (C=O) groups is 1. The number of methoxy groups -OCH3 is 1. The molecule has 3 rings (SSSR count). The second-order valence-electron chi connectivity index (χ2n) is 5.85. The molecule has 1 aliphatic rings. The molecule has 0 radical (unpaired) electrons. The quantitative estimate of drug-likeness (QED) is 0.654. The zero-order valence-electron chi connectivity index (χ0n) is 13.9. The molecule has 1 atom stereocenters. The molecule has 8 heteroatoms. The van der Waals surface area contributed by atoms with Crippen molar-refractivity contribution in [2.24, 2.45) is 11.0 Å². The van der Waals surface area contributed by atoms with Crippen molar-refractivity contribution in [2.45, 2.75) is 24.7 Å². The van der Waals surface area contributed by atoms with E-state index < -0.39 is 10.0 Å². The fourth-order valence-electron chi connectivity index (χ4n) is 2.72. The SMILES string of the molecule is COC(=O)[C@@H]1C/C(=N/NS(=O)(=O)c2ccc(C)cc2)c2ccsc2C1. The van der Waals surface area contributed by atoms with Gasteiger partial charge in [0.05, 0.1) is 23.6 Å². The first-order chi connectivity index (χ1) is 11.9. The molecule has 2 aromatic rings. The number of aryl methyl sites for hydroxylation is 1. The Balaban J connectivity index is 1.87. The zero-order valence-corrected chi connectivity index (χ0v) is 15.5. The minimum Gasteiger partial charge on any atom is -0.469 e. The summed E-state index contributed by atoms with van der Waals surface area (Å²) >= 11 is 1.53. The maximum atomic E-state index is 12.4. The Morgan fingerprint density at radius 1 is 1.24 bits per heavy atom. The number of esters is 1. The van der Waals surface area contributed by atoms with Gasteiger partial charge in [0.25, 0.3) is 10.0 Å². The maximum Gasteiger partial charge on any atom is 0.309 e. The third kappa shape index (κ3) is 3.74. The van der Waals surface area contributed by atoms with Crippen molar-refractivity contribution in [3.8, 4) is 0 Å². The van der Waals surface area contributed by atoms with E-state index in [0.717, 1.165) is 16.0 Å². The van der Waals surface area contributed by atoms with Crippen molar-refractivity contribution in [3.63, 3.8) is 0 Å². The number of nitrogens with one attached hydrogen (secondary N) is 1. The van der Waals surface area contributed by atoms with Crippen LogP contribution in [0.25, 0.3) is 0 Å². The molecule has 0 spiro atoms. The molecule has 1 aromatic carbocycles. The van der Waals surface area contributed by atoms with Gasteiger partial charge in [0.1, 0.15) is 0 Å². The number of rotatable bonds is 4. The second kappa shape index (κ2) is 6.97. The zero-order chi connectivity index (χ0) is 18.0. The Morgan fingerprint density at radius 2 is 1.96 bits per heavy atom. The van der Waals surface area contributed by atoms with Crippen LogP contribution in [0.4, 0.5) is 0 Å². The van der Waals surface area contributed by atoms with Crippen LogP contribution in [0, 0.1) is 12.8 Å². The van der Waals surface area contributed by atoms with Crippen LogP contribution in [-0.4, -0.2) is 27.2 Å². The van der Waals surface area contributed by atoms with E-state index in [1.54, 1.807) is 12.1 Å². The molecule has 1 N–H and O–H groups in total. The average molecular weight is 378 g/mol. The number of carbonyl (C=O) groups excluding carboxylic acids is 1. The number of sulfonamides is 1. The predicted octanol–water partition coefficient (Wildman–Crippen LogP) is 2.47. The first kappa shape index (κ1) is 17.6. The summed E-state index contributed by atoms with van der Waals surface area (Å²) in [4.78, 5) is 15.3. The lowest BCUT2D eigenvalue weighted by Gasteiger charge is -2.21. The van der Waals surface area contributed by atoms with Gasteiger partial charge in [-0.2, -0.15) is 18.4 Å². The van der Waals surface area contributed by atoms with E-state index >= 15 is 0 Å². The van der Waals surface area contributed by atoms with Crippen molar-refractivity contribution >= 4 is 33.0 Å². The molecule has 0 saturated heterocycles. The van der Waals surface area contributed by atoms with Gasteiger partial charge in [-0.15, -0.1) is 11.3 Å². The lowest BCUT2D eigenvalue weighted by atomic mass is 9.87. The van der Waals surface area contributed by atoms with Crippen LogP contribution in [0.2, 0.25) is 0 Å². The molecule has 0 fully saturated rings. The monoisotopic (exact) mass is 378 g/mol. The maximum absolute atomic E-state index is 12.4. The Kier molecular flexibility index (Phi) is 4.91. The number of ether oxygens (including phenoxy) is 1. The minimum absolute atomic E-state index is 0.147. The number of thiophene rings is 1. The number of hydrogen-bond donors (Lipinski definition) is 1. The van der Waals surface area contributed by atoms with E-state index in [0.29, 0.717) is 18.6 Å². The molecule has 132 valence electrons. The van der Waals surface area contributed by atoms with Gasteiger partial charge < -0.3 is 4.74 Å². The first-order valence-corrected chi connectivity index (χ1v) is 10.1. The van der Waals surface area contributed by atoms with Crippen molar-refractivity contribution in [3.05, 3.63) is 51.7 Å². The first-order valence-electron chi connectivity index (χ1n) is 7.70. The van der Waals surface area contributed by atoms with Gasteiger partial charge in [-0.3, -0.25) is 4.79 Å². The lowest BCUT2D eigenvalue weighted by Crippen LogP contribution is -2.29. The van der Waals surface area contributed by atoms with Gasteiger partial charge in [-0.1, -0.05) is 17.7 Å². The van der Waals surface area contributed by atoms with Crippen molar-refractivity contribution in [2.75, 3.05) is 7.11 Å². The molecular formula is C17H18N2O4S2. The van der Waals surface area contributed by atoms with Crippen LogP contribution in [0.3, 0.4) is 0 Å². The Morgan fingerprint density at radius 3 is 2.64 bits per heavy atom. The predicted molar refractivity (Wildman–Crippen MR) is 96.2 cm³/mol. The molecule has 0 aliphatic heterocycles. The summed E-state index contributed by atoms with van der Waals surface area (Å²) < 4.78 is 29.6. The topological polar surface area (TPSA) is 84.8 Å². The Hall–Kier alpha value is -2.19. The molecule has 1 aliphatic carbocycles. The highest BCUT2D eigenvalue weighted by molar-refractivity contribution is 7.89. The summed E-state index contributed by atoms with van der Waals surface area (Å²) in [5, 5.41) is 6.02. The fourth-order valence-corrected chi connectivity index (χ4v) is 4.53. The fraction of sp³-hybridized carbons (Fsp3) is 0.294. The van der Waals surface area contributed by atoms with Crippen LogP contribution < -0.4 is 4.83 Å². The van der Waals surface area contributed by atoms with Crippen molar-refractivity contribution in [1.29, 1.82) is 0 Å². The highest BCUT2D eigenvalue weighted by Gasteiger charge is 2.30. The smallest absolute Gasteiger partial charge is 0.309 e. The molecule has 1 aromatic heterocycles. The van der Waals surface area contributed by atoms with E-state index in [1.807, 2.05) is 18.4 Å². The highest BCUT2D eigenvalue weighted by Crippen LogP contribution is 2.30. The summed E-state index contributed by atoms with van der Waals surface area (Å²) in [7, 11) is -2.41. The van der Waals surface area contributed by atoms with Gasteiger partial charge >= 0.3 is 5.97 Å². The summed E-state index contributed by atoms with van der Waals surface area (Å²) in [5.74, 6) is -0.660. The van der Waals surface area contributed by atoms with Crippen molar-refractivity contribution in [1.82, 2.24) is 4.83 Å². The third-order valence-corrected chi connectivity index (χ3v) is 6.26. The lowest BCUT2D eigenvalue weighted by molar-refractivity contribution is -0.145. The summed E-state index contributed by atoms with van der Waals surface area (Å²) in [6, 6.07) is 8.42. The molecule has 0 saturated carbocycles. The van der Waals surface area contributed by atoms with E-state index in [-0.39, 0.29) is 16.8 Å². The summed E-state index contributed by atoms with van der Waals surface area (Å²) in [6.45, 7) is 1.89. The van der Waals surface area contributed by atoms with E-state index in [1.165, 1.54) is 30.6 Å². The summed E-state index contributed by atoms with van der Waals surface area (Å²) in [6.07, 6.45) is 0.927. The van der Waals surface area contributed by atoms with Crippen molar-refractivity contribution < 1.29 is 17.9 Å². The largest absolute Gasteiger partial charge is 0.469 e. The molecule has 0 amide bonds. The second-order valence-corrected chi connectivity index (χ2v) is 8.51. The summed E-state index contributed by atoms with van der Waals surface area (Å²) in [5.41, 5.74) is 2.41. The van der Waals surface area contributed by atoms with E-state index in [4.69, 9.17) is 4.74 Å². The van der Waals surface area contributed by atoms with Gasteiger partial charge in [0.15, 0.2) is 0 Å². The Labute approximate surface area is 150 Å². The number of nitrogens with zero attached hydrogens (tertiary/aromatic N) is 1. The van der Waals surface area contributed by atoms with Crippen LogP contribution in [0.1, 0.15) is 22.4 Å². The highest BCUT2D eigenvalue weighted by atomic mass is 32.2. The van der Waals surface area contributed by atoms with Crippen LogP contribution in [0.15, 0.2) is 45.7 Å². The van der Waals surface area contributed by atoms with Crippen LogP contribution in [-0.2, 0) is 26.0 Å². The molecular weight excluding hydrogens is 360 g/mol. The average Bonchev–Trinajstić information content (AvgIpc) is 3.08. The number of hydrogen-bond acceptors (Lipinski definition) is 6. The molecule has 6 nitrogen and oxygen atoms in total. The van der Waals surface area contributed by atoms with E-state index in [2.05, 4.69) is 9.93 Å². The number of fused-ring (bicyclic) bond motifs is 1. The van der Waals surface area contributed by atoms with Crippen LogP contribution >= 0.6 is 11.3 Å². The molecule has 0 bridgehead atoms. The normalized spacial score (nSPS) is 18.6. The van der Waals surface area contributed by atoms with Gasteiger partial charge in [0, 0.05) is 16.9 Å². The van der Waals surface area contributed by atoms with Gasteiger partial charge in [-0.25, -0.2) is 0 Å².